The molecule has 2 fully saturated rings. The molecular weight excluding hydrogens is 202 g/mol. The Labute approximate surface area is 97.6 Å². The molecule has 92 valence electrons. The van der Waals surface area contributed by atoms with Gasteiger partial charge >= 0.3 is 0 Å². The van der Waals surface area contributed by atoms with E-state index >= 15 is 0 Å². The third-order valence-corrected chi connectivity index (χ3v) is 3.70. The van der Waals surface area contributed by atoms with Gasteiger partial charge in [-0.1, -0.05) is 26.2 Å². The molecule has 0 amide bonds. The van der Waals surface area contributed by atoms with E-state index in [1.165, 1.54) is 32.1 Å². The molecule has 0 radical (unpaired) electrons. The van der Waals surface area contributed by atoms with Crippen molar-refractivity contribution in [2.45, 2.75) is 57.6 Å². The minimum atomic E-state index is 0.0897. The highest BCUT2D eigenvalue weighted by molar-refractivity contribution is 5.86. The van der Waals surface area contributed by atoms with Gasteiger partial charge in [-0.3, -0.25) is 4.99 Å². The molecule has 2 atom stereocenters. The van der Waals surface area contributed by atoms with Crippen LogP contribution in [0.3, 0.4) is 0 Å². The van der Waals surface area contributed by atoms with Crippen molar-refractivity contribution >= 4 is 5.84 Å². The first kappa shape index (κ1) is 11.9. The van der Waals surface area contributed by atoms with Crippen molar-refractivity contribution in [2.75, 3.05) is 6.61 Å². The topological polar surface area (TPSA) is 59.6 Å². The highest BCUT2D eigenvalue weighted by atomic mass is 16.5. The molecule has 3 N–H and O–H groups in total. The molecule has 2 unspecified atom stereocenters. The summed E-state index contributed by atoms with van der Waals surface area (Å²) in [7, 11) is 0. The van der Waals surface area contributed by atoms with Crippen molar-refractivity contribution in [3.8, 4) is 0 Å². The molecule has 2 rings (SSSR count). The molecule has 0 aromatic heterocycles. The van der Waals surface area contributed by atoms with Gasteiger partial charge in [0.25, 0.3) is 0 Å². The number of hydrogen-bond acceptors (Lipinski definition) is 3. The number of nitrogens with two attached hydrogens (primary N) is 1. The van der Waals surface area contributed by atoms with Gasteiger partial charge in [-0.25, -0.2) is 5.84 Å². The molecule has 1 heterocycles. The van der Waals surface area contributed by atoms with Gasteiger partial charge in [0, 0.05) is 6.61 Å². The monoisotopic (exact) mass is 225 g/mol. The van der Waals surface area contributed by atoms with Gasteiger partial charge in [0.1, 0.15) is 11.9 Å². The molecule has 0 aromatic rings. The van der Waals surface area contributed by atoms with Gasteiger partial charge in [-0.15, -0.1) is 0 Å². The molecule has 0 spiro atoms. The fourth-order valence-electron chi connectivity index (χ4n) is 2.64. The summed E-state index contributed by atoms with van der Waals surface area (Å²) in [6, 6.07) is 0.455. The van der Waals surface area contributed by atoms with Crippen LogP contribution >= 0.6 is 0 Å². The van der Waals surface area contributed by atoms with Gasteiger partial charge in [-0.2, -0.15) is 0 Å². The second kappa shape index (κ2) is 5.64. The Morgan fingerprint density at radius 1 is 1.25 bits per heavy atom. The Bertz CT molecular complexity index is 249. The summed E-state index contributed by atoms with van der Waals surface area (Å²) < 4.78 is 5.69. The van der Waals surface area contributed by atoms with Crippen LogP contribution in [-0.2, 0) is 4.74 Å². The maximum atomic E-state index is 5.69. The first-order valence-corrected chi connectivity index (χ1v) is 6.47. The predicted octanol–water partition coefficient (Wildman–Crippen LogP) is 1.61. The fourth-order valence-corrected chi connectivity index (χ4v) is 2.64. The highest BCUT2D eigenvalue weighted by Gasteiger charge is 2.29. The van der Waals surface area contributed by atoms with Crippen molar-refractivity contribution in [1.29, 1.82) is 0 Å². The molecule has 0 bridgehead atoms. The summed E-state index contributed by atoms with van der Waals surface area (Å²) in [6.07, 6.45) is 7.55. The lowest BCUT2D eigenvalue weighted by Gasteiger charge is -2.22. The van der Waals surface area contributed by atoms with E-state index in [4.69, 9.17) is 15.6 Å². The van der Waals surface area contributed by atoms with E-state index in [1.807, 2.05) is 0 Å². The van der Waals surface area contributed by atoms with E-state index in [0.29, 0.717) is 12.0 Å². The first-order chi connectivity index (χ1) is 7.81. The molecular formula is C12H23N3O. The summed E-state index contributed by atoms with van der Waals surface area (Å²) in [5.41, 5.74) is 2.75. The number of nitrogens with one attached hydrogen (secondary N) is 1. The normalized spacial score (nSPS) is 33.0. The van der Waals surface area contributed by atoms with Gasteiger partial charge in [-0.05, 0) is 25.2 Å². The van der Waals surface area contributed by atoms with Gasteiger partial charge in [0.2, 0.25) is 0 Å². The average molecular weight is 225 g/mol. The summed E-state index contributed by atoms with van der Waals surface area (Å²) in [6.45, 7) is 3.03. The number of amidine groups is 1. The average Bonchev–Trinajstić information content (AvgIpc) is 2.74. The molecule has 4 nitrogen and oxygen atoms in total. The smallest absolute Gasteiger partial charge is 0.141 e. The van der Waals surface area contributed by atoms with Crippen molar-refractivity contribution in [3.05, 3.63) is 0 Å². The minimum absolute atomic E-state index is 0.0897. The van der Waals surface area contributed by atoms with E-state index in [1.54, 1.807) is 0 Å². The maximum Gasteiger partial charge on any atom is 0.141 e. The standard InChI is InChI=1S/C12H23N3O/c1-9-7-8-16-11(9)12(15-13)14-10-5-3-2-4-6-10/h9-11H,2-8,13H2,1H3,(H,14,15). The zero-order valence-electron chi connectivity index (χ0n) is 10.1. The van der Waals surface area contributed by atoms with Crippen LogP contribution in [0.4, 0.5) is 0 Å². The van der Waals surface area contributed by atoms with Gasteiger partial charge in [0.15, 0.2) is 0 Å². The number of hydrazine groups is 1. The van der Waals surface area contributed by atoms with Crippen molar-refractivity contribution < 1.29 is 4.74 Å². The highest BCUT2D eigenvalue weighted by Crippen LogP contribution is 2.24. The van der Waals surface area contributed by atoms with Crippen LogP contribution in [0.5, 0.6) is 0 Å². The lowest BCUT2D eigenvalue weighted by Crippen LogP contribution is -2.42. The van der Waals surface area contributed by atoms with E-state index in [9.17, 15) is 0 Å². The molecule has 0 aromatic carbocycles. The van der Waals surface area contributed by atoms with Gasteiger partial charge < -0.3 is 10.2 Å². The van der Waals surface area contributed by atoms with Crippen molar-refractivity contribution in [3.63, 3.8) is 0 Å². The molecule has 16 heavy (non-hydrogen) atoms. The van der Waals surface area contributed by atoms with Crippen LogP contribution in [0.2, 0.25) is 0 Å². The van der Waals surface area contributed by atoms with Crippen LogP contribution in [0, 0.1) is 5.92 Å². The van der Waals surface area contributed by atoms with Crippen LogP contribution in [-0.4, -0.2) is 24.6 Å². The lowest BCUT2D eigenvalue weighted by molar-refractivity contribution is 0.141. The maximum absolute atomic E-state index is 5.69. The van der Waals surface area contributed by atoms with Crippen LogP contribution < -0.4 is 11.3 Å². The second-order valence-corrected chi connectivity index (χ2v) is 5.01. The van der Waals surface area contributed by atoms with E-state index in [-0.39, 0.29) is 6.10 Å². The van der Waals surface area contributed by atoms with Crippen LogP contribution in [0.25, 0.3) is 0 Å². The largest absolute Gasteiger partial charge is 0.370 e. The Hall–Kier alpha value is -0.610. The third-order valence-electron chi connectivity index (χ3n) is 3.70. The number of ether oxygens (including phenoxy) is 1. The molecule has 2 aliphatic rings. The third kappa shape index (κ3) is 2.74. The lowest BCUT2D eigenvalue weighted by atomic mass is 9.95. The molecule has 1 saturated heterocycles. The van der Waals surface area contributed by atoms with Crippen molar-refractivity contribution in [2.24, 2.45) is 16.8 Å². The molecule has 4 heteroatoms. The first-order valence-electron chi connectivity index (χ1n) is 6.47. The predicted molar refractivity (Wildman–Crippen MR) is 65.2 cm³/mol. The minimum Gasteiger partial charge on any atom is -0.370 e. The van der Waals surface area contributed by atoms with E-state index in [0.717, 1.165) is 18.9 Å². The van der Waals surface area contributed by atoms with Gasteiger partial charge in [0.05, 0.1) is 6.04 Å². The molecule has 1 aliphatic carbocycles. The number of rotatable bonds is 2. The quantitative estimate of drug-likeness (QED) is 0.325. The Morgan fingerprint density at radius 2 is 2.00 bits per heavy atom. The zero-order chi connectivity index (χ0) is 11.4. The Kier molecular flexibility index (Phi) is 4.18. The zero-order valence-corrected chi connectivity index (χ0v) is 10.1. The Morgan fingerprint density at radius 3 is 2.56 bits per heavy atom. The summed E-state index contributed by atoms with van der Waals surface area (Å²) in [5, 5.41) is 0. The van der Waals surface area contributed by atoms with Crippen LogP contribution in [0.15, 0.2) is 4.99 Å². The molecule has 1 aliphatic heterocycles. The molecule has 1 saturated carbocycles. The number of nitrogens with zero attached hydrogens (tertiary/aromatic N) is 1. The Balaban J connectivity index is 1.99. The summed E-state index contributed by atoms with van der Waals surface area (Å²) in [5.74, 6) is 6.96. The van der Waals surface area contributed by atoms with E-state index in [2.05, 4.69) is 12.3 Å². The van der Waals surface area contributed by atoms with E-state index < -0.39 is 0 Å². The SMILES string of the molecule is CC1CCOC1C(=NC1CCCCC1)NN. The number of aliphatic imine (C=N–C) groups is 1. The number of hydrogen-bond donors (Lipinski definition) is 2. The van der Waals surface area contributed by atoms with Crippen LogP contribution in [0.1, 0.15) is 45.4 Å². The second-order valence-electron chi connectivity index (χ2n) is 5.01. The van der Waals surface area contributed by atoms with Crippen molar-refractivity contribution in [1.82, 2.24) is 5.43 Å². The summed E-state index contributed by atoms with van der Waals surface area (Å²) >= 11 is 0. The fraction of sp³-hybridized carbons (Fsp3) is 0.917. The summed E-state index contributed by atoms with van der Waals surface area (Å²) in [4.78, 5) is 4.74.